The number of nitrogens with zero attached hydrogens (tertiary/aromatic N) is 3. The Kier molecular flexibility index (Phi) is 4.40. The maximum absolute atomic E-state index is 14.1. The smallest absolute Gasteiger partial charge is 0.257 e. The second kappa shape index (κ2) is 6.89. The summed E-state index contributed by atoms with van der Waals surface area (Å²) in [7, 11) is 0. The molecule has 140 valence electrons. The van der Waals surface area contributed by atoms with Crippen LogP contribution in [0.25, 0.3) is 0 Å². The minimum atomic E-state index is -0.956. The first-order valence-electron chi connectivity index (χ1n) is 8.95. The summed E-state index contributed by atoms with van der Waals surface area (Å²) in [5.41, 5.74) is 0.658. The van der Waals surface area contributed by atoms with Gasteiger partial charge in [0.2, 0.25) is 5.91 Å². The Morgan fingerprint density at radius 1 is 1.11 bits per heavy atom. The minimum absolute atomic E-state index is 0.105. The van der Waals surface area contributed by atoms with Crippen LogP contribution < -0.4 is 4.90 Å². The summed E-state index contributed by atoms with van der Waals surface area (Å²) in [6, 6.07) is 12.6. The number of hydrogen-bond acceptors (Lipinski definition) is 4. The Morgan fingerprint density at radius 2 is 1.79 bits per heavy atom. The van der Waals surface area contributed by atoms with Crippen molar-refractivity contribution in [1.29, 1.82) is 5.26 Å². The zero-order valence-corrected chi connectivity index (χ0v) is 14.8. The molecule has 0 N–H and O–H groups in total. The zero-order valence-electron chi connectivity index (χ0n) is 14.8. The molecule has 28 heavy (non-hydrogen) atoms. The SMILES string of the molecule is N#Cc1ccc(N2C(=O)CC(N(C(=O)c3ccccc3F)C3CC3)C2=O)cc1. The van der Waals surface area contributed by atoms with Crippen LogP contribution in [-0.2, 0) is 9.59 Å². The Balaban J connectivity index is 1.64. The van der Waals surface area contributed by atoms with Crippen molar-refractivity contribution in [3.8, 4) is 6.07 Å². The lowest BCUT2D eigenvalue weighted by Crippen LogP contribution is -2.47. The first-order chi connectivity index (χ1) is 13.5. The average molecular weight is 377 g/mol. The van der Waals surface area contributed by atoms with Crippen molar-refractivity contribution in [3.05, 3.63) is 65.5 Å². The molecule has 6 nitrogen and oxygen atoms in total. The molecule has 2 aromatic carbocycles. The molecule has 1 aliphatic heterocycles. The van der Waals surface area contributed by atoms with Crippen LogP contribution in [0.1, 0.15) is 35.2 Å². The van der Waals surface area contributed by atoms with E-state index in [9.17, 15) is 18.8 Å². The van der Waals surface area contributed by atoms with Crippen molar-refractivity contribution in [2.45, 2.75) is 31.3 Å². The molecule has 0 spiro atoms. The van der Waals surface area contributed by atoms with Gasteiger partial charge in [0.15, 0.2) is 0 Å². The van der Waals surface area contributed by atoms with Crippen LogP contribution in [-0.4, -0.2) is 34.7 Å². The van der Waals surface area contributed by atoms with Crippen LogP contribution in [0.2, 0.25) is 0 Å². The maximum atomic E-state index is 14.1. The van der Waals surface area contributed by atoms with E-state index in [1.165, 1.54) is 47.4 Å². The van der Waals surface area contributed by atoms with Gasteiger partial charge in [0.1, 0.15) is 11.9 Å². The monoisotopic (exact) mass is 377 g/mol. The van der Waals surface area contributed by atoms with E-state index in [1.54, 1.807) is 6.07 Å². The highest BCUT2D eigenvalue weighted by Gasteiger charge is 2.49. The van der Waals surface area contributed by atoms with Crippen molar-refractivity contribution in [3.63, 3.8) is 0 Å². The number of carbonyl (C=O) groups is 3. The van der Waals surface area contributed by atoms with Crippen molar-refractivity contribution >= 4 is 23.4 Å². The lowest BCUT2D eigenvalue weighted by molar-refractivity contribution is -0.122. The third-order valence-corrected chi connectivity index (χ3v) is 4.99. The van der Waals surface area contributed by atoms with Gasteiger partial charge in [0.05, 0.1) is 29.3 Å². The van der Waals surface area contributed by atoms with E-state index in [1.807, 2.05) is 6.07 Å². The van der Waals surface area contributed by atoms with Gasteiger partial charge in [-0.3, -0.25) is 14.4 Å². The number of rotatable bonds is 4. The molecule has 1 aliphatic carbocycles. The van der Waals surface area contributed by atoms with E-state index >= 15 is 0 Å². The Hall–Kier alpha value is -3.53. The quantitative estimate of drug-likeness (QED) is 0.767. The van der Waals surface area contributed by atoms with Crippen LogP contribution in [0, 0.1) is 17.1 Å². The highest BCUT2D eigenvalue weighted by molar-refractivity contribution is 6.23. The van der Waals surface area contributed by atoms with Gasteiger partial charge in [-0.2, -0.15) is 5.26 Å². The van der Waals surface area contributed by atoms with Gasteiger partial charge in [-0.25, -0.2) is 9.29 Å². The molecule has 3 amide bonds. The number of carbonyl (C=O) groups excluding carboxylic acids is 3. The minimum Gasteiger partial charge on any atom is -0.323 e. The molecule has 0 aromatic heterocycles. The van der Waals surface area contributed by atoms with E-state index in [2.05, 4.69) is 0 Å². The molecule has 4 rings (SSSR count). The molecule has 7 heteroatoms. The normalized spacial score (nSPS) is 18.9. The van der Waals surface area contributed by atoms with Crippen molar-refractivity contribution in [2.24, 2.45) is 0 Å². The first-order valence-corrected chi connectivity index (χ1v) is 8.95. The highest BCUT2D eigenvalue weighted by Crippen LogP contribution is 2.35. The Morgan fingerprint density at radius 3 is 2.39 bits per heavy atom. The van der Waals surface area contributed by atoms with Crippen molar-refractivity contribution in [2.75, 3.05) is 4.90 Å². The van der Waals surface area contributed by atoms with E-state index < -0.39 is 29.6 Å². The lowest BCUT2D eigenvalue weighted by atomic mass is 10.1. The molecule has 1 saturated carbocycles. The zero-order chi connectivity index (χ0) is 19.8. The fourth-order valence-electron chi connectivity index (χ4n) is 3.48. The van der Waals surface area contributed by atoms with Crippen LogP contribution in [0.15, 0.2) is 48.5 Å². The fraction of sp³-hybridized carbons (Fsp3) is 0.238. The van der Waals surface area contributed by atoms with Crippen molar-refractivity contribution < 1.29 is 18.8 Å². The summed E-state index contributed by atoms with van der Waals surface area (Å²) in [6.07, 6.45) is 1.29. The summed E-state index contributed by atoms with van der Waals surface area (Å²) in [5.74, 6) is -2.16. The summed E-state index contributed by atoms with van der Waals surface area (Å²) in [5, 5.41) is 8.90. The van der Waals surface area contributed by atoms with Crippen LogP contribution in [0.4, 0.5) is 10.1 Å². The molecule has 1 saturated heterocycles. The van der Waals surface area contributed by atoms with Gasteiger partial charge in [-0.05, 0) is 49.2 Å². The number of imide groups is 1. The Bertz CT molecular complexity index is 1010. The van der Waals surface area contributed by atoms with E-state index in [0.717, 1.165) is 17.7 Å². The van der Waals surface area contributed by atoms with Gasteiger partial charge in [0, 0.05) is 6.04 Å². The van der Waals surface area contributed by atoms with Crippen molar-refractivity contribution in [1.82, 2.24) is 4.90 Å². The molecule has 1 atom stereocenters. The summed E-state index contributed by atoms with van der Waals surface area (Å²) < 4.78 is 14.1. The number of benzene rings is 2. The number of anilines is 1. The second-order valence-corrected chi connectivity index (χ2v) is 6.87. The summed E-state index contributed by atoms with van der Waals surface area (Å²) in [6.45, 7) is 0. The molecular weight excluding hydrogens is 361 g/mol. The van der Waals surface area contributed by atoms with Gasteiger partial charge in [0.25, 0.3) is 11.8 Å². The standard InChI is InChI=1S/C21H16FN3O3/c22-17-4-2-1-3-16(17)20(27)24(14-9-10-14)18-11-19(26)25(21(18)28)15-7-5-13(12-23)6-8-15/h1-8,14,18H,9-11H2. The largest absolute Gasteiger partial charge is 0.323 e. The number of halogens is 1. The third-order valence-electron chi connectivity index (χ3n) is 4.99. The van der Waals surface area contributed by atoms with Crippen LogP contribution in [0.5, 0.6) is 0 Å². The molecule has 1 unspecified atom stereocenters. The average Bonchev–Trinajstić information content (AvgIpc) is 3.48. The van der Waals surface area contributed by atoms with Gasteiger partial charge < -0.3 is 4.90 Å². The molecule has 2 fully saturated rings. The third kappa shape index (κ3) is 3.03. The van der Waals surface area contributed by atoms with Gasteiger partial charge >= 0.3 is 0 Å². The summed E-state index contributed by atoms with van der Waals surface area (Å²) >= 11 is 0. The Labute approximate surface area is 160 Å². The molecule has 2 aromatic rings. The molecular formula is C21H16FN3O3. The predicted molar refractivity (Wildman–Crippen MR) is 97.6 cm³/mol. The number of hydrogen-bond donors (Lipinski definition) is 0. The number of amides is 3. The lowest BCUT2D eigenvalue weighted by Gasteiger charge is -2.27. The van der Waals surface area contributed by atoms with Crippen LogP contribution in [0.3, 0.4) is 0 Å². The maximum Gasteiger partial charge on any atom is 0.257 e. The molecule has 0 radical (unpaired) electrons. The first kappa shape index (κ1) is 17.9. The number of nitriles is 1. The fourth-order valence-corrected chi connectivity index (χ4v) is 3.48. The van der Waals surface area contributed by atoms with E-state index in [4.69, 9.17) is 5.26 Å². The van der Waals surface area contributed by atoms with E-state index in [0.29, 0.717) is 11.3 Å². The van der Waals surface area contributed by atoms with E-state index in [-0.39, 0.29) is 18.0 Å². The molecule has 1 heterocycles. The van der Waals surface area contributed by atoms with Crippen LogP contribution >= 0.6 is 0 Å². The molecule has 2 aliphatic rings. The second-order valence-electron chi connectivity index (χ2n) is 6.87. The predicted octanol–water partition coefficient (Wildman–Crippen LogP) is 2.63. The highest BCUT2D eigenvalue weighted by atomic mass is 19.1. The molecule has 0 bridgehead atoms. The van der Waals surface area contributed by atoms with Gasteiger partial charge in [-0.1, -0.05) is 12.1 Å². The topological polar surface area (TPSA) is 81.5 Å². The van der Waals surface area contributed by atoms with Gasteiger partial charge in [-0.15, -0.1) is 0 Å². The summed E-state index contributed by atoms with van der Waals surface area (Å²) in [4.78, 5) is 41.0.